The van der Waals surface area contributed by atoms with Crippen molar-refractivity contribution in [2.75, 3.05) is 0 Å². The molecule has 26 heavy (non-hydrogen) atoms. The highest BCUT2D eigenvalue weighted by atomic mass is 14.5. The van der Waals surface area contributed by atoms with E-state index in [4.69, 9.17) is 0 Å². The third kappa shape index (κ3) is 3.13. The van der Waals surface area contributed by atoms with Crippen molar-refractivity contribution in [2.24, 2.45) is 11.3 Å². The topological polar surface area (TPSA) is 0 Å². The molecule has 0 aliphatic carbocycles. The number of aryl methyl sites for hydroxylation is 6. The summed E-state index contributed by atoms with van der Waals surface area (Å²) in [7, 11) is 0. The van der Waals surface area contributed by atoms with E-state index in [-0.39, 0.29) is 10.8 Å². The molecular weight excluding hydrogens is 312 g/mol. The van der Waals surface area contributed by atoms with Crippen LogP contribution in [-0.2, 0) is 5.41 Å². The third-order valence-corrected chi connectivity index (χ3v) is 6.19. The fraction of sp³-hybridized carbons (Fsp3) is 0.538. The maximum absolute atomic E-state index is 2.42. The van der Waals surface area contributed by atoms with Gasteiger partial charge in [0.25, 0.3) is 0 Å². The molecular formula is C26H38. The van der Waals surface area contributed by atoms with E-state index < -0.39 is 0 Å². The zero-order valence-corrected chi connectivity index (χ0v) is 18.9. The van der Waals surface area contributed by atoms with E-state index in [1.165, 1.54) is 44.5 Å². The first-order valence-corrected chi connectivity index (χ1v) is 10.0. The van der Waals surface area contributed by atoms with E-state index in [2.05, 4.69) is 100 Å². The second-order valence-corrected chi connectivity index (χ2v) is 9.76. The Morgan fingerprint density at radius 3 is 1.04 bits per heavy atom. The van der Waals surface area contributed by atoms with Crippen LogP contribution in [0.5, 0.6) is 0 Å². The highest BCUT2D eigenvalue weighted by Gasteiger charge is 2.50. The molecule has 0 bridgehead atoms. The summed E-state index contributed by atoms with van der Waals surface area (Å²) in [5.74, 6) is 0.489. The van der Waals surface area contributed by atoms with Crippen molar-refractivity contribution >= 4 is 0 Å². The molecule has 0 unspecified atom stereocenters. The molecule has 0 N–H and O–H groups in total. The Labute approximate surface area is 162 Å². The van der Waals surface area contributed by atoms with Gasteiger partial charge >= 0.3 is 0 Å². The van der Waals surface area contributed by atoms with E-state index in [0.29, 0.717) is 5.92 Å². The fourth-order valence-corrected chi connectivity index (χ4v) is 5.92. The molecule has 0 aliphatic heterocycles. The summed E-state index contributed by atoms with van der Waals surface area (Å²) in [6, 6.07) is 9.46. The summed E-state index contributed by atoms with van der Waals surface area (Å²) in [4.78, 5) is 0. The van der Waals surface area contributed by atoms with Crippen LogP contribution in [0.1, 0.15) is 79.1 Å². The summed E-state index contributed by atoms with van der Waals surface area (Å²) < 4.78 is 0. The quantitative estimate of drug-likeness (QED) is 0.537. The highest BCUT2D eigenvalue weighted by Crippen LogP contribution is 2.55. The first-order chi connectivity index (χ1) is 11.8. The van der Waals surface area contributed by atoms with Crippen molar-refractivity contribution in [3.8, 4) is 0 Å². The van der Waals surface area contributed by atoms with Gasteiger partial charge in [-0.1, -0.05) is 70.0 Å². The van der Waals surface area contributed by atoms with E-state index in [9.17, 15) is 0 Å². The van der Waals surface area contributed by atoms with Gasteiger partial charge in [0.05, 0.1) is 0 Å². The van der Waals surface area contributed by atoms with E-state index in [1.54, 1.807) is 0 Å². The molecule has 142 valence electrons. The van der Waals surface area contributed by atoms with Gasteiger partial charge in [-0.3, -0.25) is 0 Å². The van der Waals surface area contributed by atoms with Crippen molar-refractivity contribution < 1.29 is 0 Å². The number of rotatable bonds is 3. The van der Waals surface area contributed by atoms with Gasteiger partial charge in [-0.15, -0.1) is 0 Å². The standard InChI is InChI=1S/C26H38/c1-16(2)26(25(9,10)11,23-19(5)12-17(3)13-20(23)6)24-21(7)14-18(4)15-22(24)8/h12-16H,1-11H3. The molecule has 0 saturated carbocycles. The van der Waals surface area contributed by atoms with Crippen molar-refractivity contribution in [3.05, 3.63) is 68.8 Å². The Balaban J connectivity index is 3.10. The average Bonchev–Trinajstić information content (AvgIpc) is 2.41. The van der Waals surface area contributed by atoms with Crippen LogP contribution in [0.2, 0.25) is 0 Å². The molecule has 0 heterocycles. The van der Waals surface area contributed by atoms with Crippen LogP contribution in [0.15, 0.2) is 24.3 Å². The number of hydrogen-bond donors (Lipinski definition) is 0. The van der Waals surface area contributed by atoms with Gasteiger partial charge in [0.15, 0.2) is 0 Å². The molecule has 0 nitrogen and oxygen atoms in total. The molecule has 0 atom stereocenters. The van der Waals surface area contributed by atoms with Crippen LogP contribution in [0, 0.1) is 52.9 Å². The Morgan fingerprint density at radius 1 is 0.577 bits per heavy atom. The summed E-state index contributed by atoms with van der Waals surface area (Å²) in [5.41, 5.74) is 11.5. The molecule has 0 aromatic heterocycles. The maximum atomic E-state index is 2.42. The van der Waals surface area contributed by atoms with Crippen molar-refractivity contribution in [1.29, 1.82) is 0 Å². The first kappa shape index (κ1) is 20.7. The minimum Gasteiger partial charge on any atom is -0.0616 e. The minimum atomic E-state index is -0.0310. The maximum Gasteiger partial charge on any atom is 0.0284 e. The Morgan fingerprint density at radius 2 is 0.846 bits per heavy atom. The zero-order chi connectivity index (χ0) is 20.0. The molecule has 0 fully saturated rings. The summed E-state index contributed by atoms with van der Waals surface area (Å²) in [6.07, 6.45) is 0. The largest absolute Gasteiger partial charge is 0.0616 e. The molecule has 2 aromatic rings. The van der Waals surface area contributed by atoms with E-state index >= 15 is 0 Å². The Kier molecular flexibility index (Phi) is 5.48. The van der Waals surface area contributed by atoms with Crippen LogP contribution >= 0.6 is 0 Å². The van der Waals surface area contributed by atoms with Crippen molar-refractivity contribution in [1.82, 2.24) is 0 Å². The molecule has 0 radical (unpaired) electrons. The van der Waals surface area contributed by atoms with Crippen molar-refractivity contribution in [3.63, 3.8) is 0 Å². The number of benzene rings is 2. The summed E-state index contributed by atoms with van der Waals surface area (Å²) >= 11 is 0. The van der Waals surface area contributed by atoms with Crippen LogP contribution < -0.4 is 0 Å². The summed E-state index contributed by atoms with van der Waals surface area (Å²) in [5, 5.41) is 0. The Hall–Kier alpha value is -1.56. The Bertz CT molecular complexity index is 709. The highest BCUT2D eigenvalue weighted by molar-refractivity contribution is 5.56. The monoisotopic (exact) mass is 350 g/mol. The summed E-state index contributed by atoms with van der Waals surface area (Å²) in [6.45, 7) is 25.7. The predicted molar refractivity (Wildman–Crippen MR) is 116 cm³/mol. The van der Waals surface area contributed by atoms with Gasteiger partial charge in [-0.25, -0.2) is 0 Å². The normalized spacial score (nSPS) is 12.8. The average molecular weight is 351 g/mol. The molecule has 0 amide bonds. The van der Waals surface area contributed by atoms with Gasteiger partial charge in [0, 0.05) is 5.41 Å². The van der Waals surface area contributed by atoms with Crippen LogP contribution in [0.4, 0.5) is 0 Å². The fourth-order valence-electron chi connectivity index (χ4n) is 5.92. The smallest absolute Gasteiger partial charge is 0.0284 e. The number of hydrogen-bond acceptors (Lipinski definition) is 0. The van der Waals surface area contributed by atoms with Crippen molar-refractivity contribution in [2.45, 2.75) is 81.6 Å². The molecule has 2 aromatic carbocycles. The molecule has 0 spiro atoms. The lowest BCUT2D eigenvalue weighted by Crippen LogP contribution is -2.48. The lowest BCUT2D eigenvalue weighted by molar-refractivity contribution is 0.162. The van der Waals surface area contributed by atoms with Gasteiger partial charge in [-0.05, 0) is 86.3 Å². The molecule has 0 saturated heterocycles. The van der Waals surface area contributed by atoms with Gasteiger partial charge in [-0.2, -0.15) is 0 Å². The van der Waals surface area contributed by atoms with Crippen LogP contribution in [0.25, 0.3) is 0 Å². The zero-order valence-electron chi connectivity index (χ0n) is 18.9. The third-order valence-electron chi connectivity index (χ3n) is 6.19. The van der Waals surface area contributed by atoms with E-state index in [0.717, 1.165) is 0 Å². The van der Waals surface area contributed by atoms with E-state index in [1.807, 2.05) is 0 Å². The van der Waals surface area contributed by atoms with Gasteiger partial charge in [0.1, 0.15) is 0 Å². The van der Waals surface area contributed by atoms with Gasteiger partial charge < -0.3 is 0 Å². The molecule has 0 heteroatoms. The van der Waals surface area contributed by atoms with Crippen LogP contribution in [-0.4, -0.2) is 0 Å². The lowest BCUT2D eigenvalue weighted by atomic mass is 9.51. The lowest BCUT2D eigenvalue weighted by Gasteiger charge is -2.52. The second-order valence-electron chi connectivity index (χ2n) is 9.76. The van der Waals surface area contributed by atoms with Gasteiger partial charge in [0.2, 0.25) is 0 Å². The van der Waals surface area contributed by atoms with Crippen LogP contribution in [0.3, 0.4) is 0 Å². The molecule has 0 aliphatic rings. The predicted octanol–water partition coefficient (Wildman–Crippen LogP) is 7.53. The molecule has 2 rings (SSSR count). The SMILES string of the molecule is Cc1cc(C)c(C(c2c(C)cc(C)cc2C)(C(C)C)C(C)(C)C)c(C)c1. The first-order valence-electron chi connectivity index (χ1n) is 10.0. The second kappa shape index (κ2) is 6.87. The minimum absolute atomic E-state index is 0.0310.